The first-order valence-electron chi connectivity index (χ1n) is 6.57. The standard InChI is InChI=1S/C15H9Cl2FN2O4/c16-9-5-10(17)11(18)4-7(9)14-19-13(20-24-14)8-3-6(15(22)23)1-2-12(8)21/h1-5,14,21H,(H,19,20)(H,22,23). The quantitative estimate of drug-likeness (QED) is 0.719. The number of rotatable bonds is 3. The fourth-order valence-electron chi connectivity index (χ4n) is 2.13. The molecule has 9 heteroatoms. The Morgan fingerprint density at radius 3 is 2.71 bits per heavy atom. The van der Waals surface area contributed by atoms with Gasteiger partial charge in [0.05, 0.1) is 21.2 Å². The third kappa shape index (κ3) is 3.01. The molecule has 1 unspecified atom stereocenters. The number of aromatic carboxylic acids is 1. The highest BCUT2D eigenvalue weighted by Crippen LogP contribution is 2.33. The van der Waals surface area contributed by atoms with E-state index in [9.17, 15) is 14.3 Å². The number of hydrogen-bond donors (Lipinski definition) is 3. The number of aromatic hydroxyl groups is 1. The molecule has 1 heterocycles. The molecule has 124 valence electrons. The first-order valence-corrected chi connectivity index (χ1v) is 7.33. The molecule has 0 amide bonds. The number of carbonyl (C=O) groups is 1. The number of aliphatic imine (C=N–C) groups is 1. The molecule has 0 saturated carbocycles. The van der Waals surface area contributed by atoms with Crippen LogP contribution in [0.5, 0.6) is 5.75 Å². The number of benzene rings is 2. The van der Waals surface area contributed by atoms with Gasteiger partial charge in [0.2, 0.25) is 6.23 Å². The van der Waals surface area contributed by atoms with Gasteiger partial charge in [-0.05, 0) is 30.3 Å². The van der Waals surface area contributed by atoms with Crippen LogP contribution in [0.3, 0.4) is 0 Å². The number of carboxylic acid groups (broad SMARTS) is 1. The Bertz CT molecular complexity index is 873. The highest BCUT2D eigenvalue weighted by atomic mass is 35.5. The van der Waals surface area contributed by atoms with E-state index in [0.29, 0.717) is 0 Å². The maximum Gasteiger partial charge on any atom is 0.335 e. The van der Waals surface area contributed by atoms with E-state index in [4.69, 9.17) is 33.1 Å². The number of nitrogens with zero attached hydrogens (tertiary/aromatic N) is 1. The molecule has 24 heavy (non-hydrogen) atoms. The maximum atomic E-state index is 13.6. The van der Waals surface area contributed by atoms with Gasteiger partial charge in [-0.15, -0.1) is 0 Å². The summed E-state index contributed by atoms with van der Waals surface area (Å²) < 4.78 is 13.6. The third-order valence-corrected chi connectivity index (χ3v) is 3.93. The number of amidine groups is 1. The second-order valence-electron chi connectivity index (χ2n) is 4.87. The summed E-state index contributed by atoms with van der Waals surface area (Å²) >= 11 is 11.7. The van der Waals surface area contributed by atoms with Crippen LogP contribution in [-0.2, 0) is 4.84 Å². The molecule has 0 radical (unpaired) electrons. The summed E-state index contributed by atoms with van der Waals surface area (Å²) in [4.78, 5) is 20.4. The molecule has 3 N–H and O–H groups in total. The van der Waals surface area contributed by atoms with Crippen LogP contribution in [0.1, 0.15) is 27.7 Å². The lowest BCUT2D eigenvalue weighted by molar-refractivity contribution is 0.0375. The fraction of sp³-hybridized carbons (Fsp3) is 0.0667. The van der Waals surface area contributed by atoms with Gasteiger partial charge >= 0.3 is 5.97 Å². The molecule has 1 aliphatic rings. The normalized spacial score (nSPS) is 16.6. The van der Waals surface area contributed by atoms with Crippen molar-refractivity contribution in [1.29, 1.82) is 0 Å². The van der Waals surface area contributed by atoms with Crippen molar-refractivity contribution < 1.29 is 24.2 Å². The number of nitrogens with one attached hydrogen (secondary N) is 1. The summed E-state index contributed by atoms with van der Waals surface area (Å²) in [5.41, 5.74) is 2.80. The molecule has 0 spiro atoms. The Labute approximate surface area is 145 Å². The zero-order valence-corrected chi connectivity index (χ0v) is 13.3. The van der Waals surface area contributed by atoms with E-state index in [-0.39, 0.29) is 38.3 Å². The van der Waals surface area contributed by atoms with Crippen LogP contribution in [0.15, 0.2) is 35.3 Å². The summed E-state index contributed by atoms with van der Waals surface area (Å²) in [7, 11) is 0. The van der Waals surface area contributed by atoms with E-state index in [1.807, 2.05) is 0 Å². The lowest BCUT2D eigenvalue weighted by Crippen LogP contribution is -2.18. The summed E-state index contributed by atoms with van der Waals surface area (Å²) in [5.74, 6) is -1.94. The monoisotopic (exact) mass is 370 g/mol. The zero-order chi connectivity index (χ0) is 17.4. The van der Waals surface area contributed by atoms with Crippen molar-refractivity contribution in [2.24, 2.45) is 4.99 Å². The molecule has 0 bridgehead atoms. The van der Waals surface area contributed by atoms with Crippen molar-refractivity contribution in [3.63, 3.8) is 0 Å². The third-order valence-electron chi connectivity index (χ3n) is 3.32. The molecule has 1 atom stereocenters. The van der Waals surface area contributed by atoms with Crippen LogP contribution in [0, 0.1) is 5.82 Å². The molecule has 6 nitrogen and oxygen atoms in total. The molecule has 2 aromatic rings. The highest BCUT2D eigenvalue weighted by molar-refractivity contribution is 6.35. The van der Waals surface area contributed by atoms with Crippen LogP contribution in [0.4, 0.5) is 4.39 Å². The van der Waals surface area contributed by atoms with Gasteiger partial charge in [-0.25, -0.2) is 24.5 Å². The summed E-state index contributed by atoms with van der Waals surface area (Å²) in [6, 6.07) is 6.04. The molecule has 1 aliphatic heterocycles. The first kappa shape index (κ1) is 16.5. The van der Waals surface area contributed by atoms with Crippen molar-refractivity contribution in [2.45, 2.75) is 6.23 Å². The van der Waals surface area contributed by atoms with Crippen LogP contribution < -0.4 is 5.48 Å². The van der Waals surface area contributed by atoms with Crippen LogP contribution >= 0.6 is 23.2 Å². The van der Waals surface area contributed by atoms with Crippen LogP contribution in [-0.4, -0.2) is 22.0 Å². The Kier molecular flexibility index (Phi) is 4.31. The number of carboxylic acids is 1. The van der Waals surface area contributed by atoms with Crippen LogP contribution in [0.25, 0.3) is 0 Å². The molecule has 0 aromatic heterocycles. The highest BCUT2D eigenvalue weighted by Gasteiger charge is 2.26. The minimum atomic E-state index is -1.16. The van der Waals surface area contributed by atoms with Crippen molar-refractivity contribution in [3.05, 3.63) is 62.9 Å². The smallest absolute Gasteiger partial charge is 0.335 e. The van der Waals surface area contributed by atoms with Gasteiger partial charge in [0, 0.05) is 5.56 Å². The number of phenols is 1. The lowest BCUT2D eigenvalue weighted by Gasteiger charge is -2.09. The van der Waals surface area contributed by atoms with Crippen molar-refractivity contribution in [3.8, 4) is 5.75 Å². The van der Waals surface area contributed by atoms with Crippen molar-refractivity contribution in [2.75, 3.05) is 0 Å². The van der Waals surface area contributed by atoms with E-state index in [2.05, 4.69) is 10.5 Å². The SMILES string of the molecule is O=C(O)c1ccc(O)c(C2=NC(c3cc(F)c(Cl)cc3Cl)ON2)c1. The van der Waals surface area contributed by atoms with E-state index in [1.54, 1.807) is 0 Å². The summed E-state index contributed by atoms with van der Waals surface area (Å²) in [5, 5.41) is 18.9. The molecule has 0 saturated heterocycles. The minimum absolute atomic E-state index is 0.0358. The topological polar surface area (TPSA) is 91.2 Å². The van der Waals surface area contributed by atoms with Gasteiger partial charge in [-0.1, -0.05) is 23.2 Å². The van der Waals surface area contributed by atoms with Gasteiger partial charge in [-0.2, -0.15) is 0 Å². The van der Waals surface area contributed by atoms with E-state index < -0.39 is 18.0 Å². The van der Waals surface area contributed by atoms with E-state index in [1.165, 1.54) is 24.3 Å². The largest absolute Gasteiger partial charge is 0.507 e. The van der Waals surface area contributed by atoms with E-state index >= 15 is 0 Å². The lowest BCUT2D eigenvalue weighted by atomic mass is 10.1. The average molecular weight is 371 g/mol. The Morgan fingerprint density at radius 2 is 2.00 bits per heavy atom. The molecule has 0 aliphatic carbocycles. The van der Waals surface area contributed by atoms with Crippen molar-refractivity contribution >= 4 is 35.0 Å². The van der Waals surface area contributed by atoms with E-state index in [0.717, 1.165) is 6.07 Å². The van der Waals surface area contributed by atoms with Gasteiger partial charge in [0.15, 0.2) is 5.84 Å². The summed E-state index contributed by atoms with van der Waals surface area (Å²) in [6.07, 6.45) is -0.979. The molecular weight excluding hydrogens is 362 g/mol. The summed E-state index contributed by atoms with van der Waals surface area (Å²) in [6.45, 7) is 0. The van der Waals surface area contributed by atoms with Gasteiger partial charge in [0.25, 0.3) is 0 Å². The molecular formula is C15H9Cl2FN2O4. The molecule has 3 rings (SSSR count). The minimum Gasteiger partial charge on any atom is -0.507 e. The second-order valence-corrected chi connectivity index (χ2v) is 5.69. The Balaban J connectivity index is 1.99. The maximum absolute atomic E-state index is 13.6. The predicted octanol–water partition coefficient (Wildman–Crippen LogP) is 3.52. The second kappa shape index (κ2) is 6.27. The number of phenolic OH excluding ortho intramolecular Hbond substituents is 1. The van der Waals surface area contributed by atoms with Gasteiger partial charge in [0.1, 0.15) is 11.6 Å². The molecule has 2 aromatic carbocycles. The average Bonchev–Trinajstić information content (AvgIpc) is 3.00. The van der Waals surface area contributed by atoms with Crippen LogP contribution in [0.2, 0.25) is 10.0 Å². The van der Waals surface area contributed by atoms with Crippen molar-refractivity contribution in [1.82, 2.24) is 5.48 Å². The Hall–Kier alpha value is -2.35. The van der Waals surface area contributed by atoms with Gasteiger partial charge in [-0.3, -0.25) is 0 Å². The fourth-order valence-corrected chi connectivity index (χ4v) is 2.60. The zero-order valence-electron chi connectivity index (χ0n) is 11.8. The molecule has 0 fully saturated rings. The number of hydrogen-bond acceptors (Lipinski definition) is 5. The number of halogens is 3. The number of hydroxylamine groups is 1. The Morgan fingerprint density at radius 1 is 1.25 bits per heavy atom. The predicted molar refractivity (Wildman–Crippen MR) is 85.0 cm³/mol. The van der Waals surface area contributed by atoms with Gasteiger partial charge < -0.3 is 10.2 Å². The first-order chi connectivity index (χ1) is 11.4.